The molecule has 0 bridgehead atoms. The van der Waals surface area contributed by atoms with Gasteiger partial charge in [0.15, 0.2) is 0 Å². The predicted octanol–water partition coefficient (Wildman–Crippen LogP) is 4.58. The molecule has 0 aliphatic heterocycles. The van der Waals surface area contributed by atoms with E-state index in [2.05, 4.69) is 22.4 Å². The molecule has 0 radical (unpaired) electrons. The maximum absolute atomic E-state index is 6.46. The first kappa shape index (κ1) is 13.0. The second kappa shape index (κ2) is 5.24. The molecule has 2 heterocycles. The maximum Gasteiger partial charge on any atom is 0.108 e. The lowest BCUT2D eigenvalue weighted by molar-refractivity contribution is 0.410. The average molecular weight is 301 g/mol. The van der Waals surface area contributed by atoms with E-state index in [9.17, 15) is 0 Å². The van der Waals surface area contributed by atoms with Crippen LogP contribution in [0.2, 0.25) is 5.02 Å². The van der Waals surface area contributed by atoms with Gasteiger partial charge in [0.2, 0.25) is 0 Å². The molecule has 1 atom stereocenters. The van der Waals surface area contributed by atoms with Gasteiger partial charge < -0.3 is 14.7 Å². The van der Waals surface area contributed by atoms with Crippen LogP contribution >= 0.6 is 11.6 Å². The molecule has 3 nitrogen and oxygen atoms in total. The van der Waals surface area contributed by atoms with Crippen LogP contribution in [0.4, 0.5) is 0 Å². The Labute approximate surface area is 128 Å². The van der Waals surface area contributed by atoms with E-state index in [0.717, 1.165) is 46.8 Å². The van der Waals surface area contributed by atoms with Gasteiger partial charge >= 0.3 is 0 Å². The van der Waals surface area contributed by atoms with Crippen molar-refractivity contribution < 1.29 is 4.42 Å². The van der Waals surface area contributed by atoms with E-state index in [4.69, 9.17) is 16.0 Å². The molecular formula is C17H17ClN2O. The Hall–Kier alpha value is -1.71. The Morgan fingerprint density at radius 1 is 1.29 bits per heavy atom. The molecular weight excluding hydrogens is 284 g/mol. The Bertz CT molecular complexity index is 774. The quantitative estimate of drug-likeness (QED) is 0.743. The zero-order valence-electron chi connectivity index (χ0n) is 11.7. The summed E-state index contributed by atoms with van der Waals surface area (Å²) in [4.78, 5) is 3.40. The lowest BCUT2D eigenvalue weighted by Gasteiger charge is -2.22. The summed E-state index contributed by atoms with van der Waals surface area (Å²) in [6, 6.07) is 10.6. The van der Waals surface area contributed by atoms with Crippen molar-refractivity contribution in [1.29, 1.82) is 0 Å². The summed E-state index contributed by atoms with van der Waals surface area (Å²) in [5, 5.41) is 5.51. The highest BCUT2D eigenvalue weighted by Gasteiger charge is 2.22. The molecule has 4 heteroatoms. The number of hydrogen-bond donors (Lipinski definition) is 2. The zero-order chi connectivity index (χ0) is 14.2. The highest BCUT2D eigenvalue weighted by atomic mass is 35.5. The number of aryl methyl sites for hydroxylation is 1. The molecule has 0 saturated heterocycles. The molecule has 3 aromatic rings. The topological polar surface area (TPSA) is 41.0 Å². The number of H-pyrrole nitrogens is 1. The predicted molar refractivity (Wildman–Crippen MR) is 84.5 cm³/mol. The number of aromatic amines is 1. The van der Waals surface area contributed by atoms with E-state index in [1.54, 1.807) is 6.26 Å². The van der Waals surface area contributed by atoms with Gasteiger partial charge in [0, 0.05) is 41.2 Å². The minimum Gasteiger partial charge on any atom is -0.469 e. The van der Waals surface area contributed by atoms with Crippen LogP contribution in [0.1, 0.15) is 35.9 Å². The fourth-order valence-corrected chi connectivity index (χ4v) is 3.49. The third-order valence-corrected chi connectivity index (χ3v) is 4.72. The van der Waals surface area contributed by atoms with Crippen molar-refractivity contribution >= 4 is 22.5 Å². The number of nitrogens with one attached hydrogen (secondary N) is 2. The largest absolute Gasteiger partial charge is 0.469 e. The maximum atomic E-state index is 6.46. The first-order chi connectivity index (χ1) is 10.3. The Kier molecular flexibility index (Phi) is 3.24. The number of halogens is 1. The lowest BCUT2D eigenvalue weighted by Crippen LogP contribution is -2.24. The van der Waals surface area contributed by atoms with Crippen molar-refractivity contribution in [3.63, 3.8) is 0 Å². The number of hydrogen-bond acceptors (Lipinski definition) is 2. The summed E-state index contributed by atoms with van der Waals surface area (Å²) in [6.45, 7) is 0.739. The molecule has 1 aliphatic carbocycles. The van der Waals surface area contributed by atoms with Gasteiger partial charge in [-0.15, -0.1) is 0 Å². The van der Waals surface area contributed by atoms with Gasteiger partial charge in [0.05, 0.1) is 11.3 Å². The minimum absolute atomic E-state index is 0.356. The summed E-state index contributed by atoms with van der Waals surface area (Å²) in [5.41, 5.74) is 3.44. The van der Waals surface area contributed by atoms with Gasteiger partial charge in [-0.2, -0.15) is 0 Å². The SMILES string of the molecule is Clc1c(CNC2CCCc3occc32)[nH]c2ccccc12. The molecule has 0 amide bonds. The first-order valence-electron chi connectivity index (χ1n) is 7.37. The molecule has 108 valence electrons. The van der Waals surface area contributed by atoms with E-state index >= 15 is 0 Å². The minimum atomic E-state index is 0.356. The van der Waals surface area contributed by atoms with Gasteiger partial charge in [-0.3, -0.25) is 0 Å². The molecule has 1 unspecified atom stereocenters. The van der Waals surface area contributed by atoms with E-state index in [1.165, 1.54) is 12.0 Å². The van der Waals surface area contributed by atoms with Crippen molar-refractivity contribution in [3.05, 3.63) is 58.6 Å². The summed E-state index contributed by atoms with van der Waals surface area (Å²) in [5.74, 6) is 1.13. The number of rotatable bonds is 3. The zero-order valence-corrected chi connectivity index (χ0v) is 12.4. The molecule has 21 heavy (non-hydrogen) atoms. The summed E-state index contributed by atoms with van der Waals surface area (Å²) in [6.07, 6.45) is 5.15. The molecule has 0 spiro atoms. The Morgan fingerprint density at radius 3 is 3.10 bits per heavy atom. The second-order valence-corrected chi connectivity index (χ2v) is 5.97. The highest BCUT2D eigenvalue weighted by molar-refractivity contribution is 6.36. The number of furan rings is 1. The molecule has 2 aromatic heterocycles. The summed E-state index contributed by atoms with van der Waals surface area (Å²) >= 11 is 6.46. The number of aromatic nitrogens is 1. The van der Waals surface area contributed by atoms with Crippen molar-refractivity contribution in [2.24, 2.45) is 0 Å². The number of benzene rings is 1. The van der Waals surface area contributed by atoms with Crippen LogP contribution in [0.15, 0.2) is 41.0 Å². The molecule has 2 N–H and O–H groups in total. The van der Waals surface area contributed by atoms with Crippen molar-refractivity contribution in [1.82, 2.24) is 10.3 Å². The van der Waals surface area contributed by atoms with Crippen LogP contribution in [0, 0.1) is 0 Å². The van der Waals surface area contributed by atoms with E-state index in [1.807, 2.05) is 18.2 Å². The van der Waals surface area contributed by atoms with Crippen LogP contribution in [0.25, 0.3) is 10.9 Å². The molecule has 1 aromatic carbocycles. The molecule has 0 saturated carbocycles. The number of para-hydroxylation sites is 1. The highest BCUT2D eigenvalue weighted by Crippen LogP contribution is 2.32. The van der Waals surface area contributed by atoms with Crippen molar-refractivity contribution in [2.75, 3.05) is 0 Å². The van der Waals surface area contributed by atoms with Gasteiger partial charge in [0.1, 0.15) is 5.76 Å². The van der Waals surface area contributed by atoms with Crippen molar-refractivity contribution in [3.8, 4) is 0 Å². The Balaban J connectivity index is 1.56. The molecule has 4 rings (SSSR count). The van der Waals surface area contributed by atoms with E-state index in [-0.39, 0.29) is 0 Å². The van der Waals surface area contributed by atoms with E-state index in [0.29, 0.717) is 6.04 Å². The standard InChI is InChI=1S/C17H17ClN2O/c18-17-12-4-1-2-5-14(12)20-15(17)10-19-13-6-3-7-16-11(13)8-9-21-16/h1-2,4-5,8-9,13,19-20H,3,6-7,10H2. The van der Waals surface area contributed by atoms with Gasteiger partial charge in [-0.25, -0.2) is 0 Å². The van der Waals surface area contributed by atoms with Gasteiger partial charge in [0.25, 0.3) is 0 Å². The smallest absolute Gasteiger partial charge is 0.108 e. The average Bonchev–Trinajstić information content (AvgIpc) is 3.11. The second-order valence-electron chi connectivity index (χ2n) is 5.59. The van der Waals surface area contributed by atoms with Crippen LogP contribution in [-0.4, -0.2) is 4.98 Å². The van der Waals surface area contributed by atoms with Gasteiger partial charge in [-0.05, 0) is 25.0 Å². The Morgan fingerprint density at radius 2 is 2.19 bits per heavy atom. The van der Waals surface area contributed by atoms with E-state index < -0.39 is 0 Å². The third-order valence-electron chi connectivity index (χ3n) is 4.29. The number of fused-ring (bicyclic) bond motifs is 2. The van der Waals surface area contributed by atoms with Crippen LogP contribution in [0.5, 0.6) is 0 Å². The molecule has 1 aliphatic rings. The summed E-state index contributed by atoms with van der Waals surface area (Å²) < 4.78 is 5.54. The lowest BCUT2D eigenvalue weighted by atomic mass is 9.93. The fraction of sp³-hybridized carbons (Fsp3) is 0.294. The first-order valence-corrected chi connectivity index (χ1v) is 7.75. The van der Waals surface area contributed by atoms with Gasteiger partial charge in [-0.1, -0.05) is 29.8 Å². The fourth-order valence-electron chi connectivity index (χ4n) is 3.21. The van der Waals surface area contributed by atoms with Crippen LogP contribution in [-0.2, 0) is 13.0 Å². The third kappa shape index (κ3) is 2.27. The normalized spacial score (nSPS) is 18.0. The van der Waals surface area contributed by atoms with Crippen LogP contribution in [0.3, 0.4) is 0 Å². The van der Waals surface area contributed by atoms with Crippen molar-refractivity contribution in [2.45, 2.75) is 31.8 Å². The molecule has 0 fully saturated rings. The summed E-state index contributed by atoms with van der Waals surface area (Å²) in [7, 11) is 0. The van der Waals surface area contributed by atoms with Crippen LogP contribution < -0.4 is 5.32 Å². The monoisotopic (exact) mass is 300 g/mol.